The number of halogens is 1. The van der Waals surface area contributed by atoms with Crippen LogP contribution in [0.15, 0.2) is 5.38 Å². The van der Waals surface area contributed by atoms with E-state index in [2.05, 4.69) is 4.98 Å². The molecule has 1 saturated heterocycles. The molecule has 1 aromatic heterocycles. The Kier molecular flexibility index (Phi) is 5.60. The van der Waals surface area contributed by atoms with Gasteiger partial charge in [0, 0.05) is 25.6 Å². The molecule has 0 radical (unpaired) electrons. The monoisotopic (exact) mass is 302 g/mol. The molecule has 0 spiro atoms. The lowest BCUT2D eigenvalue weighted by Crippen LogP contribution is -2.41. The minimum atomic E-state index is 0.163. The maximum Gasteiger partial charge on any atom is 0.229 e. The van der Waals surface area contributed by atoms with Crippen LogP contribution >= 0.6 is 22.9 Å². The first kappa shape index (κ1) is 14.8. The Morgan fingerprint density at radius 3 is 3.21 bits per heavy atom. The molecule has 4 nitrogen and oxygen atoms in total. The van der Waals surface area contributed by atoms with Gasteiger partial charge in [-0.1, -0.05) is 0 Å². The SMILES string of the molecule is COCC1CCCN(C(=O)Cc2nc(CCl)cs2)C1. The maximum absolute atomic E-state index is 12.2. The highest BCUT2D eigenvalue weighted by molar-refractivity contribution is 7.09. The molecule has 2 heterocycles. The van der Waals surface area contributed by atoms with Crippen molar-refractivity contribution in [1.82, 2.24) is 9.88 Å². The zero-order chi connectivity index (χ0) is 13.7. The van der Waals surface area contributed by atoms with Gasteiger partial charge in [0.15, 0.2) is 0 Å². The number of piperidine rings is 1. The lowest BCUT2D eigenvalue weighted by molar-refractivity contribution is -0.132. The third kappa shape index (κ3) is 4.16. The van der Waals surface area contributed by atoms with Crippen LogP contribution in [0.4, 0.5) is 0 Å². The molecule has 0 bridgehead atoms. The van der Waals surface area contributed by atoms with Gasteiger partial charge in [0.1, 0.15) is 5.01 Å². The molecule has 1 aliphatic heterocycles. The van der Waals surface area contributed by atoms with Crippen LogP contribution in [0.5, 0.6) is 0 Å². The van der Waals surface area contributed by atoms with E-state index in [4.69, 9.17) is 16.3 Å². The van der Waals surface area contributed by atoms with Gasteiger partial charge < -0.3 is 9.64 Å². The smallest absolute Gasteiger partial charge is 0.229 e. The van der Waals surface area contributed by atoms with E-state index in [1.165, 1.54) is 11.3 Å². The fourth-order valence-corrected chi connectivity index (χ4v) is 3.41. The van der Waals surface area contributed by atoms with E-state index in [1.54, 1.807) is 7.11 Å². The molecule has 106 valence electrons. The quantitative estimate of drug-likeness (QED) is 0.784. The first-order valence-electron chi connectivity index (χ1n) is 6.49. The zero-order valence-corrected chi connectivity index (χ0v) is 12.7. The van der Waals surface area contributed by atoms with Crippen LogP contribution in [0, 0.1) is 5.92 Å². The predicted molar refractivity (Wildman–Crippen MR) is 76.6 cm³/mol. The molecule has 1 aromatic rings. The first-order valence-corrected chi connectivity index (χ1v) is 7.90. The summed E-state index contributed by atoms with van der Waals surface area (Å²) in [4.78, 5) is 18.5. The van der Waals surface area contributed by atoms with Crippen molar-refractivity contribution in [3.63, 3.8) is 0 Å². The standard InChI is InChI=1S/C13H19ClN2O2S/c1-18-8-10-3-2-4-16(7-10)13(17)5-12-15-11(6-14)9-19-12/h9-10H,2-8H2,1H3. The van der Waals surface area contributed by atoms with Crippen molar-refractivity contribution in [2.24, 2.45) is 5.92 Å². The van der Waals surface area contributed by atoms with E-state index in [0.29, 0.717) is 18.2 Å². The molecule has 1 atom stereocenters. The number of ether oxygens (including phenoxy) is 1. The molecule has 0 saturated carbocycles. The summed E-state index contributed by atoms with van der Waals surface area (Å²) in [6.07, 6.45) is 2.59. The highest BCUT2D eigenvalue weighted by Crippen LogP contribution is 2.19. The Hall–Kier alpha value is -0.650. The lowest BCUT2D eigenvalue weighted by Gasteiger charge is -2.32. The number of likely N-dealkylation sites (tertiary alicyclic amines) is 1. The summed E-state index contributed by atoms with van der Waals surface area (Å²) in [6.45, 7) is 2.39. The van der Waals surface area contributed by atoms with E-state index in [0.717, 1.165) is 43.2 Å². The summed E-state index contributed by atoms with van der Waals surface area (Å²) >= 11 is 7.22. The molecular weight excluding hydrogens is 284 g/mol. The van der Waals surface area contributed by atoms with Crippen molar-refractivity contribution in [2.75, 3.05) is 26.8 Å². The van der Waals surface area contributed by atoms with E-state index in [1.807, 2.05) is 10.3 Å². The van der Waals surface area contributed by atoms with Crippen molar-refractivity contribution in [2.45, 2.75) is 25.1 Å². The van der Waals surface area contributed by atoms with Gasteiger partial charge in [-0.05, 0) is 18.8 Å². The van der Waals surface area contributed by atoms with Crippen molar-refractivity contribution in [3.05, 3.63) is 16.1 Å². The number of nitrogens with zero attached hydrogens (tertiary/aromatic N) is 2. The van der Waals surface area contributed by atoms with E-state index < -0.39 is 0 Å². The minimum Gasteiger partial charge on any atom is -0.384 e. The molecule has 6 heteroatoms. The summed E-state index contributed by atoms with van der Waals surface area (Å²) in [7, 11) is 1.71. The molecule has 0 aromatic carbocycles. The van der Waals surface area contributed by atoms with Gasteiger partial charge >= 0.3 is 0 Å². The van der Waals surface area contributed by atoms with Crippen molar-refractivity contribution in [1.29, 1.82) is 0 Å². The summed E-state index contributed by atoms with van der Waals surface area (Å²) in [5.74, 6) is 1.04. The number of amides is 1. The summed E-state index contributed by atoms with van der Waals surface area (Å²) in [5, 5.41) is 2.77. The van der Waals surface area contributed by atoms with E-state index in [-0.39, 0.29) is 5.91 Å². The van der Waals surface area contributed by atoms with Crippen LogP contribution in [0.3, 0.4) is 0 Å². The summed E-state index contributed by atoms with van der Waals surface area (Å²) < 4.78 is 5.18. The molecule has 1 unspecified atom stereocenters. The first-order chi connectivity index (χ1) is 9.22. The highest BCUT2D eigenvalue weighted by atomic mass is 35.5. The third-order valence-corrected chi connectivity index (χ3v) is 4.48. The second kappa shape index (κ2) is 7.22. The number of thiazole rings is 1. The Bertz CT molecular complexity index is 423. The Balaban J connectivity index is 1.88. The number of alkyl halides is 1. The van der Waals surface area contributed by atoms with Gasteiger partial charge in [-0.25, -0.2) is 4.98 Å². The highest BCUT2D eigenvalue weighted by Gasteiger charge is 2.24. The van der Waals surface area contributed by atoms with Crippen LogP contribution in [0.2, 0.25) is 0 Å². The van der Waals surface area contributed by atoms with Crippen LogP contribution in [0.1, 0.15) is 23.5 Å². The topological polar surface area (TPSA) is 42.4 Å². The molecule has 1 amide bonds. The Labute approximate surface area is 122 Å². The van der Waals surface area contributed by atoms with Crippen molar-refractivity contribution >= 4 is 28.8 Å². The average Bonchev–Trinajstić information content (AvgIpc) is 2.87. The molecule has 19 heavy (non-hydrogen) atoms. The number of hydrogen-bond acceptors (Lipinski definition) is 4. The van der Waals surface area contributed by atoms with Gasteiger partial charge in [0.05, 0.1) is 24.6 Å². The normalized spacial score (nSPS) is 19.7. The van der Waals surface area contributed by atoms with Crippen LogP contribution < -0.4 is 0 Å². The summed E-state index contributed by atoms with van der Waals surface area (Å²) in [6, 6.07) is 0. The molecule has 1 aliphatic rings. The number of methoxy groups -OCH3 is 1. The van der Waals surface area contributed by atoms with Gasteiger partial charge in [-0.3, -0.25) is 4.79 Å². The second-order valence-corrected chi connectivity index (χ2v) is 6.06. The second-order valence-electron chi connectivity index (χ2n) is 4.85. The number of carbonyl (C=O) groups is 1. The van der Waals surface area contributed by atoms with E-state index >= 15 is 0 Å². The van der Waals surface area contributed by atoms with Gasteiger partial charge in [0.25, 0.3) is 0 Å². The molecular formula is C13H19ClN2O2S. The average molecular weight is 303 g/mol. The Morgan fingerprint density at radius 2 is 2.53 bits per heavy atom. The van der Waals surface area contributed by atoms with Gasteiger partial charge in [-0.15, -0.1) is 22.9 Å². The fraction of sp³-hybridized carbons (Fsp3) is 0.692. The number of hydrogen-bond donors (Lipinski definition) is 0. The summed E-state index contributed by atoms with van der Waals surface area (Å²) in [5.41, 5.74) is 0.852. The number of carbonyl (C=O) groups excluding carboxylic acids is 1. The Morgan fingerprint density at radius 1 is 1.68 bits per heavy atom. The fourth-order valence-electron chi connectivity index (χ4n) is 2.40. The number of rotatable bonds is 5. The maximum atomic E-state index is 12.2. The molecule has 1 fully saturated rings. The van der Waals surface area contributed by atoms with Crippen LogP contribution in [0.25, 0.3) is 0 Å². The van der Waals surface area contributed by atoms with Gasteiger partial charge in [-0.2, -0.15) is 0 Å². The molecule has 0 N–H and O–H groups in total. The third-order valence-electron chi connectivity index (χ3n) is 3.31. The molecule has 0 aliphatic carbocycles. The largest absolute Gasteiger partial charge is 0.384 e. The van der Waals surface area contributed by atoms with E-state index in [9.17, 15) is 4.79 Å². The lowest BCUT2D eigenvalue weighted by atomic mass is 9.99. The minimum absolute atomic E-state index is 0.163. The van der Waals surface area contributed by atoms with Crippen LogP contribution in [-0.2, 0) is 21.8 Å². The molecule has 2 rings (SSSR count). The number of aromatic nitrogens is 1. The van der Waals surface area contributed by atoms with Gasteiger partial charge in [0.2, 0.25) is 5.91 Å². The van der Waals surface area contributed by atoms with Crippen molar-refractivity contribution < 1.29 is 9.53 Å². The zero-order valence-electron chi connectivity index (χ0n) is 11.1. The van der Waals surface area contributed by atoms with Crippen molar-refractivity contribution in [3.8, 4) is 0 Å². The van der Waals surface area contributed by atoms with Crippen LogP contribution in [-0.4, -0.2) is 42.6 Å². The predicted octanol–water partition coefficient (Wildman–Crippen LogP) is 2.31.